The van der Waals surface area contributed by atoms with Gasteiger partial charge in [0.15, 0.2) is 5.82 Å². The van der Waals surface area contributed by atoms with Gasteiger partial charge in [-0.3, -0.25) is 5.10 Å². The number of H-pyrrole nitrogens is 1. The van der Waals surface area contributed by atoms with Gasteiger partial charge in [0.2, 0.25) is 0 Å². The van der Waals surface area contributed by atoms with Crippen LogP contribution in [-0.4, -0.2) is 20.3 Å². The summed E-state index contributed by atoms with van der Waals surface area (Å²) in [4.78, 5) is 4.31. The molecule has 3 atom stereocenters. The average molecular weight is 193 g/mol. The Morgan fingerprint density at radius 1 is 1.36 bits per heavy atom. The number of aromatic nitrogens is 3. The van der Waals surface area contributed by atoms with Crippen LogP contribution in [0.25, 0.3) is 0 Å². The summed E-state index contributed by atoms with van der Waals surface area (Å²) in [5.41, 5.74) is 0. The lowest BCUT2D eigenvalue weighted by Gasteiger charge is -2.17. The molecule has 2 aliphatic carbocycles. The largest absolute Gasteiger partial charge is 0.388 e. The second-order valence-corrected chi connectivity index (χ2v) is 4.58. The van der Waals surface area contributed by atoms with E-state index in [2.05, 4.69) is 15.2 Å². The Morgan fingerprint density at radius 3 is 2.86 bits per heavy atom. The summed E-state index contributed by atoms with van der Waals surface area (Å²) in [6.45, 7) is -0.0339. The fraction of sp³-hybridized carbons (Fsp3) is 0.800. The summed E-state index contributed by atoms with van der Waals surface area (Å²) in [6.07, 6.45) is 5.37. The molecule has 2 bridgehead atoms. The predicted octanol–water partition coefficient (Wildman–Crippen LogP) is 1.20. The number of aromatic amines is 1. The zero-order valence-corrected chi connectivity index (χ0v) is 8.11. The molecule has 3 rings (SSSR count). The Kier molecular flexibility index (Phi) is 1.83. The van der Waals surface area contributed by atoms with Crippen LogP contribution in [0, 0.1) is 11.8 Å². The molecular weight excluding hydrogens is 178 g/mol. The van der Waals surface area contributed by atoms with E-state index in [-0.39, 0.29) is 6.61 Å². The summed E-state index contributed by atoms with van der Waals surface area (Å²) < 4.78 is 0. The molecule has 3 unspecified atom stereocenters. The van der Waals surface area contributed by atoms with E-state index in [0.717, 1.165) is 17.7 Å². The molecule has 1 aromatic rings. The highest BCUT2D eigenvalue weighted by atomic mass is 16.3. The first kappa shape index (κ1) is 8.41. The fourth-order valence-electron chi connectivity index (χ4n) is 3.11. The molecule has 0 spiro atoms. The first-order chi connectivity index (χ1) is 6.86. The van der Waals surface area contributed by atoms with Gasteiger partial charge in [-0.1, -0.05) is 6.42 Å². The van der Waals surface area contributed by atoms with Crippen LogP contribution in [0.2, 0.25) is 0 Å². The second kappa shape index (κ2) is 3.05. The van der Waals surface area contributed by atoms with Gasteiger partial charge in [0, 0.05) is 5.92 Å². The minimum absolute atomic E-state index is 0.0339. The standard InChI is InChI=1S/C10H15N3O/c14-5-9-11-10(13-12-9)8-4-6-1-2-7(8)3-6/h6-8,14H,1-5H2,(H,11,12,13). The monoisotopic (exact) mass is 193 g/mol. The SMILES string of the molecule is OCc1nc(C2CC3CCC2C3)n[nH]1. The highest BCUT2D eigenvalue weighted by Crippen LogP contribution is 2.51. The first-order valence-electron chi connectivity index (χ1n) is 5.39. The van der Waals surface area contributed by atoms with Crippen LogP contribution in [0.15, 0.2) is 0 Å². The van der Waals surface area contributed by atoms with Crippen LogP contribution in [0.4, 0.5) is 0 Å². The third-order valence-electron chi connectivity index (χ3n) is 3.77. The van der Waals surface area contributed by atoms with E-state index in [9.17, 15) is 0 Å². The molecule has 2 fully saturated rings. The predicted molar refractivity (Wildman–Crippen MR) is 50.5 cm³/mol. The average Bonchev–Trinajstić information content (AvgIpc) is 2.93. The van der Waals surface area contributed by atoms with Crippen molar-refractivity contribution in [3.05, 3.63) is 11.6 Å². The van der Waals surface area contributed by atoms with E-state index in [1.54, 1.807) is 0 Å². The van der Waals surface area contributed by atoms with Crippen LogP contribution >= 0.6 is 0 Å². The van der Waals surface area contributed by atoms with Crippen LogP contribution < -0.4 is 0 Å². The van der Waals surface area contributed by atoms with Crippen molar-refractivity contribution in [2.45, 2.75) is 38.2 Å². The zero-order valence-electron chi connectivity index (χ0n) is 8.11. The van der Waals surface area contributed by atoms with Crippen molar-refractivity contribution in [1.82, 2.24) is 15.2 Å². The van der Waals surface area contributed by atoms with Gasteiger partial charge in [0.05, 0.1) is 0 Å². The molecule has 0 aromatic carbocycles. The molecular formula is C10H15N3O. The molecule has 1 aromatic heterocycles. The maximum atomic E-state index is 8.89. The molecule has 2 saturated carbocycles. The molecule has 4 heteroatoms. The van der Waals surface area contributed by atoms with Crippen LogP contribution in [0.3, 0.4) is 0 Å². The minimum atomic E-state index is -0.0339. The first-order valence-corrected chi connectivity index (χ1v) is 5.39. The van der Waals surface area contributed by atoms with Gasteiger partial charge in [-0.25, -0.2) is 4.98 Å². The van der Waals surface area contributed by atoms with Crippen LogP contribution in [0.5, 0.6) is 0 Å². The smallest absolute Gasteiger partial charge is 0.154 e. The fourth-order valence-corrected chi connectivity index (χ4v) is 3.11. The number of hydrogen-bond donors (Lipinski definition) is 2. The normalized spacial score (nSPS) is 35.4. The number of fused-ring (bicyclic) bond motifs is 2. The van der Waals surface area contributed by atoms with Crippen molar-refractivity contribution in [2.24, 2.45) is 11.8 Å². The van der Waals surface area contributed by atoms with E-state index >= 15 is 0 Å². The lowest BCUT2D eigenvalue weighted by atomic mass is 9.88. The lowest BCUT2D eigenvalue weighted by molar-refractivity contribution is 0.271. The third-order valence-corrected chi connectivity index (χ3v) is 3.77. The molecule has 0 saturated heterocycles. The maximum Gasteiger partial charge on any atom is 0.154 e. The highest BCUT2D eigenvalue weighted by Gasteiger charge is 2.41. The van der Waals surface area contributed by atoms with Crippen molar-refractivity contribution in [2.75, 3.05) is 0 Å². The summed E-state index contributed by atoms with van der Waals surface area (Å²) in [5.74, 6) is 3.82. The third kappa shape index (κ3) is 1.17. The molecule has 0 amide bonds. The number of hydrogen-bond acceptors (Lipinski definition) is 3. The summed E-state index contributed by atoms with van der Waals surface area (Å²) in [7, 11) is 0. The summed E-state index contributed by atoms with van der Waals surface area (Å²) in [6, 6.07) is 0. The molecule has 0 radical (unpaired) electrons. The van der Waals surface area contributed by atoms with Gasteiger partial charge in [-0.2, -0.15) is 5.10 Å². The van der Waals surface area contributed by atoms with E-state index in [0.29, 0.717) is 11.7 Å². The van der Waals surface area contributed by atoms with Crippen molar-refractivity contribution in [3.63, 3.8) is 0 Å². The number of aliphatic hydroxyl groups excluding tert-OH is 1. The Morgan fingerprint density at radius 2 is 2.29 bits per heavy atom. The highest BCUT2D eigenvalue weighted by molar-refractivity contribution is 5.07. The summed E-state index contributed by atoms with van der Waals surface area (Å²) >= 11 is 0. The van der Waals surface area contributed by atoms with E-state index < -0.39 is 0 Å². The maximum absolute atomic E-state index is 8.89. The molecule has 76 valence electrons. The second-order valence-electron chi connectivity index (χ2n) is 4.58. The minimum Gasteiger partial charge on any atom is -0.388 e. The molecule has 4 nitrogen and oxygen atoms in total. The molecule has 2 aliphatic rings. The van der Waals surface area contributed by atoms with Crippen molar-refractivity contribution >= 4 is 0 Å². The van der Waals surface area contributed by atoms with Gasteiger partial charge in [0.25, 0.3) is 0 Å². The Balaban J connectivity index is 1.82. The van der Waals surface area contributed by atoms with Gasteiger partial charge >= 0.3 is 0 Å². The van der Waals surface area contributed by atoms with E-state index in [1.807, 2.05) is 0 Å². The molecule has 14 heavy (non-hydrogen) atoms. The Hall–Kier alpha value is -0.900. The van der Waals surface area contributed by atoms with Crippen molar-refractivity contribution in [1.29, 1.82) is 0 Å². The van der Waals surface area contributed by atoms with Crippen molar-refractivity contribution < 1.29 is 5.11 Å². The zero-order chi connectivity index (χ0) is 9.54. The van der Waals surface area contributed by atoms with Crippen molar-refractivity contribution in [3.8, 4) is 0 Å². The topological polar surface area (TPSA) is 61.8 Å². The number of nitrogens with one attached hydrogen (secondary N) is 1. The Bertz CT molecular complexity index is 336. The Labute approximate surface area is 82.8 Å². The number of rotatable bonds is 2. The van der Waals surface area contributed by atoms with Crippen LogP contribution in [-0.2, 0) is 6.61 Å². The van der Waals surface area contributed by atoms with E-state index in [4.69, 9.17) is 5.11 Å². The molecule has 0 aliphatic heterocycles. The molecule has 2 N–H and O–H groups in total. The summed E-state index contributed by atoms with van der Waals surface area (Å²) in [5, 5.41) is 15.9. The van der Waals surface area contributed by atoms with Gasteiger partial charge in [-0.15, -0.1) is 0 Å². The van der Waals surface area contributed by atoms with Crippen LogP contribution in [0.1, 0.15) is 43.3 Å². The van der Waals surface area contributed by atoms with Gasteiger partial charge in [0.1, 0.15) is 12.4 Å². The quantitative estimate of drug-likeness (QED) is 0.742. The number of nitrogens with zero attached hydrogens (tertiary/aromatic N) is 2. The molecule has 1 heterocycles. The van der Waals surface area contributed by atoms with Gasteiger partial charge in [-0.05, 0) is 31.1 Å². The van der Waals surface area contributed by atoms with Gasteiger partial charge < -0.3 is 5.11 Å². The number of aliphatic hydroxyl groups is 1. The lowest BCUT2D eigenvalue weighted by Crippen LogP contribution is -2.10. The van der Waals surface area contributed by atoms with E-state index in [1.165, 1.54) is 25.7 Å².